The van der Waals surface area contributed by atoms with Crippen molar-refractivity contribution in [1.29, 1.82) is 0 Å². The number of aldehydes is 1. The Morgan fingerprint density at radius 2 is 1.84 bits per heavy atom. The number of carbonyl (C=O) groups is 2. The molecule has 0 aliphatic carbocycles. The number of methoxy groups -OCH3 is 1. The molecular formula is C24H28N4O4. The Hall–Kier alpha value is -3.60. The van der Waals surface area contributed by atoms with E-state index in [4.69, 9.17) is 9.47 Å². The van der Waals surface area contributed by atoms with E-state index >= 15 is 0 Å². The van der Waals surface area contributed by atoms with Crippen LogP contribution in [0.1, 0.15) is 43.6 Å². The minimum atomic E-state index is -0.512. The number of nitrogens with zero attached hydrogens (tertiary/aromatic N) is 4. The molecule has 8 heteroatoms. The molecule has 8 nitrogen and oxygen atoms in total. The number of piperazine rings is 1. The molecule has 1 amide bonds. The average molecular weight is 437 g/mol. The van der Waals surface area contributed by atoms with Crippen molar-refractivity contribution in [2.45, 2.75) is 33.3 Å². The summed E-state index contributed by atoms with van der Waals surface area (Å²) < 4.78 is 10.9. The van der Waals surface area contributed by atoms with Gasteiger partial charge in [0.2, 0.25) is 0 Å². The van der Waals surface area contributed by atoms with E-state index in [-0.39, 0.29) is 6.09 Å². The zero-order valence-corrected chi connectivity index (χ0v) is 19.1. The first kappa shape index (κ1) is 23.1. The first-order valence-corrected chi connectivity index (χ1v) is 10.4. The van der Waals surface area contributed by atoms with Crippen LogP contribution in [0.3, 0.4) is 0 Å². The minimum absolute atomic E-state index is 0.298. The maximum atomic E-state index is 12.2. The SMILES string of the molecule is CC#Cc1cc(OC)c(-c2ccc(N3CCN(C(=O)OC(C)(C)C)CC3)nn2)cc1C=O. The Morgan fingerprint density at radius 1 is 1.12 bits per heavy atom. The topological polar surface area (TPSA) is 84.9 Å². The molecule has 0 spiro atoms. The highest BCUT2D eigenvalue weighted by Gasteiger charge is 2.26. The lowest BCUT2D eigenvalue weighted by Crippen LogP contribution is -2.50. The number of amides is 1. The Balaban J connectivity index is 1.74. The van der Waals surface area contributed by atoms with Gasteiger partial charge in [0.25, 0.3) is 0 Å². The second kappa shape index (κ2) is 9.69. The van der Waals surface area contributed by atoms with E-state index in [1.165, 1.54) is 0 Å². The molecule has 1 fully saturated rings. The van der Waals surface area contributed by atoms with E-state index in [0.717, 1.165) is 12.1 Å². The zero-order valence-electron chi connectivity index (χ0n) is 19.1. The first-order chi connectivity index (χ1) is 15.3. The average Bonchev–Trinajstić information content (AvgIpc) is 2.78. The van der Waals surface area contributed by atoms with Crippen LogP contribution in [-0.4, -0.2) is 66.4 Å². The number of anilines is 1. The molecule has 0 bridgehead atoms. The molecule has 0 unspecified atom stereocenters. The normalized spacial score (nSPS) is 13.8. The van der Waals surface area contributed by atoms with Crippen molar-refractivity contribution in [2.24, 2.45) is 0 Å². The molecule has 1 saturated heterocycles. The molecular weight excluding hydrogens is 408 g/mol. The van der Waals surface area contributed by atoms with Crippen LogP contribution in [0.4, 0.5) is 10.6 Å². The molecule has 168 valence electrons. The molecule has 0 N–H and O–H groups in total. The van der Waals surface area contributed by atoms with Gasteiger partial charge in [-0.1, -0.05) is 5.92 Å². The summed E-state index contributed by atoms with van der Waals surface area (Å²) in [6, 6.07) is 7.18. The monoisotopic (exact) mass is 436 g/mol. The summed E-state index contributed by atoms with van der Waals surface area (Å²) in [6.45, 7) is 9.66. The number of ether oxygens (including phenoxy) is 2. The highest BCUT2D eigenvalue weighted by Crippen LogP contribution is 2.31. The molecule has 32 heavy (non-hydrogen) atoms. The van der Waals surface area contributed by atoms with Crippen LogP contribution in [0.5, 0.6) is 5.75 Å². The molecule has 1 aromatic carbocycles. The molecule has 1 aliphatic rings. The summed E-state index contributed by atoms with van der Waals surface area (Å²) in [6.07, 6.45) is 0.474. The Labute approximate surface area is 188 Å². The molecule has 0 saturated carbocycles. The Bertz CT molecular complexity index is 1040. The van der Waals surface area contributed by atoms with E-state index < -0.39 is 5.60 Å². The van der Waals surface area contributed by atoms with Crippen LogP contribution < -0.4 is 9.64 Å². The maximum Gasteiger partial charge on any atom is 0.410 e. The van der Waals surface area contributed by atoms with Crippen LogP contribution in [0.25, 0.3) is 11.3 Å². The van der Waals surface area contributed by atoms with E-state index in [0.29, 0.717) is 54.3 Å². The predicted molar refractivity (Wildman–Crippen MR) is 122 cm³/mol. The number of rotatable bonds is 4. The Kier molecular flexibility index (Phi) is 6.98. The number of carbonyl (C=O) groups excluding carboxylic acids is 2. The maximum absolute atomic E-state index is 12.2. The standard InChI is InChI=1S/C24H28N4O4/c1-6-7-17-15-21(31-5)19(14-18(17)16-29)20-8-9-22(26-25-20)27-10-12-28(13-11-27)23(30)32-24(2,3)4/h8-9,14-16H,10-13H2,1-5H3. The van der Waals surface area contributed by atoms with Crippen molar-refractivity contribution in [3.8, 4) is 28.8 Å². The number of benzene rings is 1. The zero-order chi connectivity index (χ0) is 23.3. The van der Waals surface area contributed by atoms with Crippen molar-refractivity contribution >= 4 is 18.2 Å². The molecule has 2 heterocycles. The predicted octanol–water partition coefficient (Wildman–Crippen LogP) is 3.39. The fraction of sp³-hybridized carbons (Fsp3) is 0.417. The largest absolute Gasteiger partial charge is 0.496 e. The summed E-state index contributed by atoms with van der Waals surface area (Å²) in [5.74, 6) is 7.01. The fourth-order valence-corrected chi connectivity index (χ4v) is 3.39. The van der Waals surface area contributed by atoms with Crippen molar-refractivity contribution < 1.29 is 19.1 Å². The van der Waals surface area contributed by atoms with E-state index in [2.05, 4.69) is 26.9 Å². The quantitative estimate of drug-likeness (QED) is 0.536. The van der Waals surface area contributed by atoms with Gasteiger partial charge in [0.15, 0.2) is 12.1 Å². The van der Waals surface area contributed by atoms with Gasteiger partial charge >= 0.3 is 6.09 Å². The van der Waals surface area contributed by atoms with Gasteiger partial charge in [0.1, 0.15) is 11.4 Å². The lowest BCUT2D eigenvalue weighted by Gasteiger charge is -2.35. The van der Waals surface area contributed by atoms with Crippen LogP contribution in [0.2, 0.25) is 0 Å². The first-order valence-electron chi connectivity index (χ1n) is 10.4. The molecule has 2 aromatic rings. The minimum Gasteiger partial charge on any atom is -0.496 e. The van der Waals surface area contributed by atoms with Gasteiger partial charge in [-0.3, -0.25) is 4.79 Å². The van der Waals surface area contributed by atoms with Gasteiger partial charge in [0, 0.05) is 42.9 Å². The number of hydrogen-bond donors (Lipinski definition) is 0. The van der Waals surface area contributed by atoms with Gasteiger partial charge < -0.3 is 19.3 Å². The van der Waals surface area contributed by atoms with Gasteiger partial charge in [0.05, 0.1) is 12.8 Å². The molecule has 1 aliphatic heterocycles. The lowest BCUT2D eigenvalue weighted by atomic mass is 10.0. The molecule has 3 rings (SSSR count). The Morgan fingerprint density at radius 3 is 2.38 bits per heavy atom. The van der Waals surface area contributed by atoms with E-state index in [9.17, 15) is 9.59 Å². The van der Waals surface area contributed by atoms with Gasteiger partial charge in [-0.2, -0.15) is 0 Å². The molecule has 0 radical (unpaired) electrons. The fourth-order valence-electron chi connectivity index (χ4n) is 3.39. The van der Waals surface area contributed by atoms with Gasteiger partial charge in [-0.15, -0.1) is 16.1 Å². The summed E-state index contributed by atoms with van der Waals surface area (Å²) in [7, 11) is 1.56. The summed E-state index contributed by atoms with van der Waals surface area (Å²) in [4.78, 5) is 27.5. The summed E-state index contributed by atoms with van der Waals surface area (Å²) in [5, 5.41) is 8.72. The van der Waals surface area contributed by atoms with Crippen LogP contribution >= 0.6 is 0 Å². The third-order valence-corrected chi connectivity index (χ3v) is 4.94. The smallest absolute Gasteiger partial charge is 0.410 e. The van der Waals surface area contributed by atoms with Crippen LogP contribution in [0, 0.1) is 11.8 Å². The highest BCUT2D eigenvalue weighted by molar-refractivity contribution is 5.85. The third-order valence-electron chi connectivity index (χ3n) is 4.94. The van der Waals surface area contributed by atoms with Crippen molar-refractivity contribution in [3.05, 3.63) is 35.4 Å². The van der Waals surface area contributed by atoms with Crippen LogP contribution in [-0.2, 0) is 4.74 Å². The number of hydrogen-bond acceptors (Lipinski definition) is 7. The summed E-state index contributed by atoms with van der Waals surface area (Å²) >= 11 is 0. The second-order valence-electron chi connectivity index (χ2n) is 8.36. The van der Waals surface area contributed by atoms with Crippen LogP contribution in [0.15, 0.2) is 24.3 Å². The van der Waals surface area contributed by atoms with Crippen molar-refractivity contribution in [2.75, 3.05) is 38.2 Å². The molecule has 1 aromatic heterocycles. The second-order valence-corrected chi connectivity index (χ2v) is 8.36. The van der Waals surface area contributed by atoms with Gasteiger partial charge in [-0.05, 0) is 52.0 Å². The third kappa shape index (κ3) is 5.35. The highest BCUT2D eigenvalue weighted by atomic mass is 16.6. The number of aromatic nitrogens is 2. The van der Waals surface area contributed by atoms with E-state index in [1.54, 1.807) is 31.1 Å². The van der Waals surface area contributed by atoms with Crippen molar-refractivity contribution in [1.82, 2.24) is 15.1 Å². The van der Waals surface area contributed by atoms with E-state index in [1.807, 2.05) is 32.9 Å². The van der Waals surface area contributed by atoms with Gasteiger partial charge in [-0.25, -0.2) is 4.79 Å². The van der Waals surface area contributed by atoms with Crippen molar-refractivity contribution in [3.63, 3.8) is 0 Å². The molecule has 0 atom stereocenters. The lowest BCUT2D eigenvalue weighted by molar-refractivity contribution is 0.0240. The summed E-state index contributed by atoms with van der Waals surface area (Å²) in [5.41, 5.74) is 1.83.